The number of fused-ring (bicyclic) bond motifs is 6. The van der Waals surface area contributed by atoms with Crippen LogP contribution in [0.4, 0.5) is 17.1 Å². The molecule has 0 radical (unpaired) electrons. The van der Waals surface area contributed by atoms with Crippen molar-refractivity contribution in [2.75, 3.05) is 4.90 Å². The molecule has 6 aromatic carbocycles. The average Bonchev–Trinajstić information content (AvgIpc) is 3.42. The third-order valence-electron chi connectivity index (χ3n) is 9.86. The van der Waals surface area contributed by atoms with Crippen LogP contribution in [0.2, 0.25) is 0 Å². The fraction of sp³-hybridized carbons (Fsp3) is 0.143. The van der Waals surface area contributed by atoms with Gasteiger partial charge in [0.25, 0.3) is 0 Å². The van der Waals surface area contributed by atoms with Gasteiger partial charge in [0.2, 0.25) is 0 Å². The maximum absolute atomic E-state index is 2.49. The van der Waals surface area contributed by atoms with Crippen molar-refractivity contribution in [3.05, 3.63) is 162 Å². The van der Waals surface area contributed by atoms with Crippen LogP contribution >= 0.6 is 0 Å². The van der Waals surface area contributed by atoms with Crippen LogP contribution in [0.5, 0.6) is 0 Å². The molecule has 6 aromatic rings. The molecule has 0 heterocycles. The van der Waals surface area contributed by atoms with Gasteiger partial charge in [-0.3, -0.25) is 0 Å². The Bertz CT molecular complexity index is 2030. The van der Waals surface area contributed by atoms with E-state index in [1.165, 1.54) is 67.0 Å². The maximum atomic E-state index is 2.49. The zero-order valence-electron chi connectivity index (χ0n) is 25.2. The van der Waals surface area contributed by atoms with Gasteiger partial charge < -0.3 is 4.90 Å². The first kappa shape index (κ1) is 25.8. The molecule has 0 fully saturated rings. The largest absolute Gasteiger partial charge is 0.310 e. The van der Waals surface area contributed by atoms with Crippen LogP contribution in [0.3, 0.4) is 0 Å². The predicted octanol–water partition coefficient (Wildman–Crippen LogP) is 11.4. The van der Waals surface area contributed by atoms with Crippen LogP contribution in [0.1, 0.15) is 49.9 Å². The van der Waals surface area contributed by atoms with E-state index >= 15 is 0 Å². The molecule has 2 aliphatic carbocycles. The number of benzene rings is 6. The summed E-state index contributed by atoms with van der Waals surface area (Å²) in [5, 5.41) is 0. The molecule has 2 aliphatic rings. The molecule has 0 amide bonds. The molecular formula is C42H35N. The van der Waals surface area contributed by atoms with Crippen molar-refractivity contribution in [3.63, 3.8) is 0 Å². The Morgan fingerprint density at radius 2 is 0.953 bits per heavy atom. The van der Waals surface area contributed by atoms with Crippen molar-refractivity contribution in [2.45, 2.75) is 38.5 Å². The zero-order chi connectivity index (χ0) is 29.3. The van der Waals surface area contributed by atoms with Gasteiger partial charge in [-0.2, -0.15) is 0 Å². The molecule has 1 heteroatoms. The van der Waals surface area contributed by atoms with Gasteiger partial charge in [0.05, 0.1) is 5.69 Å². The number of hydrogen-bond donors (Lipinski definition) is 0. The number of rotatable bonds is 4. The van der Waals surface area contributed by atoms with Gasteiger partial charge >= 0.3 is 0 Å². The second-order valence-corrected chi connectivity index (χ2v) is 13.0. The Morgan fingerprint density at radius 1 is 0.395 bits per heavy atom. The number of hydrogen-bond acceptors (Lipinski definition) is 1. The van der Waals surface area contributed by atoms with E-state index in [1.54, 1.807) is 0 Å². The standard InChI is InChI=1S/C42H35N/c1-41(2)36-21-11-9-19-34(36)40-37(41)22-13-23-39(40)43(30-17-12-16-29(26-30)28-14-6-5-7-15-28)31-24-25-33-32-18-8-10-20-35(32)42(3,4)38(33)27-31/h5-27H,1-4H3. The fourth-order valence-corrected chi connectivity index (χ4v) is 7.64. The van der Waals surface area contributed by atoms with Crippen LogP contribution in [-0.4, -0.2) is 0 Å². The summed E-state index contributed by atoms with van der Waals surface area (Å²) in [5.41, 5.74) is 16.7. The summed E-state index contributed by atoms with van der Waals surface area (Å²) in [6, 6.07) is 51.5. The molecule has 0 bridgehead atoms. The number of anilines is 3. The molecule has 0 saturated heterocycles. The lowest BCUT2D eigenvalue weighted by molar-refractivity contribution is 0.660. The Kier molecular flexibility index (Phi) is 5.59. The second-order valence-electron chi connectivity index (χ2n) is 13.0. The molecule has 1 nitrogen and oxygen atoms in total. The van der Waals surface area contributed by atoms with Gasteiger partial charge in [-0.1, -0.05) is 137 Å². The first-order valence-corrected chi connectivity index (χ1v) is 15.3. The van der Waals surface area contributed by atoms with Gasteiger partial charge in [-0.25, -0.2) is 0 Å². The SMILES string of the molecule is CC1(C)c2ccccc2-c2ccc(N(c3cccc(-c4ccccc4)c3)c3cccc4c3-c3ccccc3C4(C)C)cc21. The molecule has 0 aromatic heterocycles. The third kappa shape index (κ3) is 3.78. The Labute approximate surface area is 255 Å². The Balaban J connectivity index is 1.39. The van der Waals surface area contributed by atoms with E-state index in [2.05, 4.69) is 172 Å². The van der Waals surface area contributed by atoms with Crippen molar-refractivity contribution in [3.8, 4) is 33.4 Å². The van der Waals surface area contributed by atoms with Crippen molar-refractivity contribution in [1.29, 1.82) is 0 Å². The van der Waals surface area contributed by atoms with Crippen LogP contribution < -0.4 is 4.90 Å². The van der Waals surface area contributed by atoms with E-state index < -0.39 is 0 Å². The highest BCUT2D eigenvalue weighted by Gasteiger charge is 2.39. The molecule has 0 aliphatic heterocycles. The van der Waals surface area contributed by atoms with E-state index in [0.29, 0.717) is 0 Å². The molecule has 0 saturated carbocycles. The van der Waals surface area contributed by atoms with Crippen molar-refractivity contribution in [1.82, 2.24) is 0 Å². The molecule has 208 valence electrons. The first-order chi connectivity index (χ1) is 20.9. The second kappa shape index (κ2) is 9.31. The van der Waals surface area contributed by atoms with Gasteiger partial charge in [0.15, 0.2) is 0 Å². The van der Waals surface area contributed by atoms with Gasteiger partial charge in [-0.05, 0) is 80.4 Å². The van der Waals surface area contributed by atoms with E-state index in [-0.39, 0.29) is 10.8 Å². The van der Waals surface area contributed by atoms with Crippen LogP contribution in [0, 0.1) is 0 Å². The summed E-state index contributed by atoms with van der Waals surface area (Å²) < 4.78 is 0. The van der Waals surface area contributed by atoms with E-state index in [0.717, 1.165) is 5.69 Å². The molecule has 8 rings (SSSR count). The van der Waals surface area contributed by atoms with Crippen molar-refractivity contribution < 1.29 is 0 Å². The van der Waals surface area contributed by atoms with Crippen molar-refractivity contribution >= 4 is 17.1 Å². The summed E-state index contributed by atoms with van der Waals surface area (Å²) in [7, 11) is 0. The van der Waals surface area contributed by atoms with Crippen LogP contribution in [0.25, 0.3) is 33.4 Å². The summed E-state index contributed by atoms with van der Waals surface area (Å²) in [6.07, 6.45) is 0. The van der Waals surface area contributed by atoms with Gasteiger partial charge in [-0.15, -0.1) is 0 Å². The Morgan fingerprint density at radius 3 is 1.74 bits per heavy atom. The Hall–Kier alpha value is -4.88. The average molecular weight is 554 g/mol. The summed E-state index contributed by atoms with van der Waals surface area (Å²) >= 11 is 0. The lowest BCUT2D eigenvalue weighted by atomic mass is 9.82. The van der Waals surface area contributed by atoms with Crippen molar-refractivity contribution in [2.24, 2.45) is 0 Å². The predicted molar refractivity (Wildman–Crippen MR) is 182 cm³/mol. The lowest BCUT2D eigenvalue weighted by Gasteiger charge is -2.30. The summed E-state index contributed by atoms with van der Waals surface area (Å²) in [6.45, 7) is 9.44. The van der Waals surface area contributed by atoms with Gasteiger partial charge in [0.1, 0.15) is 0 Å². The molecule has 0 N–H and O–H groups in total. The fourth-order valence-electron chi connectivity index (χ4n) is 7.64. The minimum atomic E-state index is -0.0767. The lowest BCUT2D eigenvalue weighted by Crippen LogP contribution is -2.17. The number of nitrogens with zero attached hydrogens (tertiary/aromatic N) is 1. The highest BCUT2D eigenvalue weighted by Crippen LogP contribution is 2.55. The molecule has 43 heavy (non-hydrogen) atoms. The smallest absolute Gasteiger partial charge is 0.0543 e. The topological polar surface area (TPSA) is 3.24 Å². The van der Waals surface area contributed by atoms with E-state index in [9.17, 15) is 0 Å². The normalized spacial score (nSPS) is 14.9. The summed E-state index contributed by atoms with van der Waals surface area (Å²) in [5.74, 6) is 0. The zero-order valence-corrected chi connectivity index (χ0v) is 25.2. The maximum Gasteiger partial charge on any atom is 0.0543 e. The summed E-state index contributed by atoms with van der Waals surface area (Å²) in [4.78, 5) is 2.49. The minimum absolute atomic E-state index is 0.0684. The van der Waals surface area contributed by atoms with Crippen LogP contribution in [-0.2, 0) is 10.8 Å². The molecule has 0 spiro atoms. The van der Waals surface area contributed by atoms with Crippen LogP contribution in [0.15, 0.2) is 140 Å². The first-order valence-electron chi connectivity index (χ1n) is 15.3. The van der Waals surface area contributed by atoms with E-state index in [1.807, 2.05) is 0 Å². The quantitative estimate of drug-likeness (QED) is 0.210. The molecular weight excluding hydrogens is 518 g/mol. The van der Waals surface area contributed by atoms with Gasteiger partial charge in [0, 0.05) is 27.8 Å². The highest BCUT2D eigenvalue weighted by atomic mass is 15.1. The highest BCUT2D eigenvalue weighted by molar-refractivity contribution is 5.96. The molecule has 0 unspecified atom stereocenters. The molecule has 0 atom stereocenters. The monoisotopic (exact) mass is 553 g/mol. The third-order valence-corrected chi connectivity index (χ3v) is 9.86. The van der Waals surface area contributed by atoms with E-state index in [4.69, 9.17) is 0 Å². The minimum Gasteiger partial charge on any atom is -0.310 e.